The van der Waals surface area contributed by atoms with Gasteiger partial charge in [-0.25, -0.2) is 19.0 Å². The van der Waals surface area contributed by atoms with Crippen molar-refractivity contribution in [2.45, 2.75) is 18.9 Å². The molecule has 0 atom stereocenters. The summed E-state index contributed by atoms with van der Waals surface area (Å²) in [7, 11) is 0. The molecular weight excluding hydrogens is 383 g/mol. The van der Waals surface area contributed by atoms with Crippen LogP contribution in [0.2, 0.25) is 0 Å². The monoisotopic (exact) mass is 404 g/mol. The Kier molecular flexibility index (Phi) is 4.76. The van der Waals surface area contributed by atoms with E-state index in [0.717, 1.165) is 25.9 Å². The summed E-state index contributed by atoms with van der Waals surface area (Å²) in [6.07, 6.45) is 3.33. The summed E-state index contributed by atoms with van der Waals surface area (Å²) in [6, 6.07) is 14.1. The van der Waals surface area contributed by atoms with Crippen LogP contribution in [0.3, 0.4) is 0 Å². The van der Waals surface area contributed by atoms with Crippen LogP contribution in [0.5, 0.6) is 11.5 Å². The van der Waals surface area contributed by atoms with Crippen molar-refractivity contribution in [3.05, 3.63) is 60.7 Å². The van der Waals surface area contributed by atoms with E-state index in [2.05, 4.69) is 15.3 Å². The maximum absolute atomic E-state index is 14.9. The van der Waals surface area contributed by atoms with Gasteiger partial charge < -0.3 is 15.8 Å². The Balaban J connectivity index is 1.56. The summed E-state index contributed by atoms with van der Waals surface area (Å²) in [4.78, 5) is 8.56. The Labute approximate surface area is 172 Å². The molecule has 3 N–H and O–H groups in total. The van der Waals surface area contributed by atoms with Gasteiger partial charge in [-0.05, 0) is 56.3 Å². The molecule has 1 aliphatic heterocycles. The van der Waals surface area contributed by atoms with E-state index in [1.54, 1.807) is 24.3 Å². The van der Waals surface area contributed by atoms with Crippen molar-refractivity contribution in [2.75, 3.05) is 18.8 Å². The minimum absolute atomic E-state index is 0.149. The zero-order chi connectivity index (χ0) is 20.5. The highest BCUT2D eigenvalue weighted by Crippen LogP contribution is 2.35. The maximum atomic E-state index is 14.9. The average Bonchev–Trinajstić information content (AvgIpc) is 3.18. The first-order valence-electron chi connectivity index (χ1n) is 9.93. The number of fused-ring (bicyclic) bond motifs is 1. The second-order valence-electron chi connectivity index (χ2n) is 7.29. The number of nitrogens with zero attached hydrogens (tertiary/aromatic N) is 4. The highest BCUT2D eigenvalue weighted by molar-refractivity contribution is 5.98. The van der Waals surface area contributed by atoms with Gasteiger partial charge in [-0.1, -0.05) is 18.2 Å². The summed E-state index contributed by atoms with van der Waals surface area (Å²) >= 11 is 0. The molecule has 152 valence electrons. The van der Waals surface area contributed by atoms with E-state index in [1.807, 2.05) is 22.9 Å². The van der Waals surface area contributed by atoms with Crippen LogP contribution in [-0.2, 0) is 0 Å². The van der Waals surface area contributed by atoms with Crippen molar-refractivity contribution in [1.29, 1.82) is 0 Å². The molecule has 0 saturated carbocycles. The molecular formula is C22H21FN6O. The van der Waals surface area contributed by atoms with Crippen molar-refractivity contribution in [3.63, 3.8) is 0 Å². The van der Waals surface area contributed by atoms with Gasteiger partial charge in [0.1, 0.15) is 23.6 Å². The molecule has 30 heavy (non-hydrogen) atoms. The lowest BCUT2D eigenvalue weighted by molar-refractivity contribution is 0.350. The number of halogens is 1. The molecule has 2 aromatic heterocycles. The van der Waals surface area contributed by atoms with Gasteiger partial charge in [0.25, 0.3) is 0 Å². The molecule has 8 heteroatoms. The molecule has 2 aromatic carbocycles. The molecule has 3 heterocycles. The van der Waals surface area contributed by atoms with Gasteiger partial charge in [0.15, 0.2) is 17.2 Å². The molecule has 4 aromatic rings. The number of rotatable bonds is 4. The SMILES string of the molecule is Nc1ncnc2c1c(-c1ccc(Oc3ccccc3)c(F)c1)nn2C1CCNCC1. The summed E-state index contributed by atoms with van der Waals surface area (Å²) < 4.78 is 22.4. The predicted molar refractivity (Wildman–Crippen MR) is 113 cm³/mol. The molecule has 0 unspecified atom stereocenters. The number of aromatic nitrogens is 4. The van der Waals surface area contributed by atoms with E-state index in [1.165, 1.54) is 12.4 Å². The van der Waals surface area contributed by atoms with Crippen LogP contribution < -0.4 is 15.8 Å². The third-order valence-corrected chi connectivity index (χ3v) is 5.35. The van der Waals surface area contributed by atoms with E-state index < -0.39 is 5.82 Å². The third-order valence-electron chi connectivity index (χ3n) is 5.35. The highest BCUT2D eigenvalue weighted by atomic mass is 19.1. The van der Waals surface area contributed by atoms with Crippen LogP contribution in [0.15, 0.2) is 54.9 Å². The number of hydrogen-bond donors (Lipinski definition) is 2. The van der Waals surface area contributed by atoms with Gasteiger partial charge in [-0.3, -0.25) is 0 Å². The number of piperidine rings is 1. The van der Waals surface area contributed by atoms with Crippen LogP contribution in [-0.4, -0.2) is 32.8 Å². The summed E-state index contributed by atoms with van der Waals surface area (Å²) in [5.41, 5.74) is 8.03. The lowest BCUT2D eigenvalue weighted by Gasteiger charge is -2.23. The molecule has 0 amide bonds. The van der Waals surface area contributed by atoms with Crippen molar-refractivity contribution in [2.24, 2.45) is 0 Å². The lowest BCUT2D eigenvalue weighted by atomic mass is 10.1. The number of hydrogen-bond acceptors (Lipinski definition) is 6. The standard InChI is InChI=1S/C22H21FN6O/c23-17-12-14(6-7-18(17)30-16-4-2-1-3-5-16)20-19-21(24)26-13-27-22(19)29(28-20)15-8-10-25-11-9-15/h1-7,12-13,15,25H,8-11H2,(H2,24,26,27). The van der Waals surface area contributed by atoms with E-state index in [4.69, 9.17) is 15.6 Å². The van der Waals surface area contributed by atoms with Gasteiger partial charge in [0.05, 0.1) is 11.4 Å². The van der Waals surface area contributed by atoms with Crippen molar-refractivity contribution in [1.82, 2.24) is 25.1 Å². The Morgan fingerprint density at radius 3 is 2.63 bits per heavy atom. The minimum atomic E-state index is -0.476. The molecule has 0 bridgehead atoms. The number of anilines is 1. The molecule has 0 aliphatic carbocycles. The lowest BCUT2D eigenvalue weighted by Crippen LogP contribution is -2.30. The number of nitrogens with two attached hydrogens (primary N) is 1. The second kappa shape index (κ2) is 7.72. The zero-order valence-corrected chi connectivity index (χ0v) is 16.3. The number of nitrogen functional groups attached to an aromatic ring is 1. The molecule has 1 aliphatic rings. The number of ether oxygens (including phenoxy) is 1. The molecule has 5 rings (SSSR count). The summed E-state index contributed by atoms with van der Waals surface area (Å²) in [6.45, 7) is 1.84. The van der Waals surface area contributed by atoms with Gasteiger partial charge in [-0.15, -0.1) is 0 Å². The highest BCUT2D eigenvalue weighted by Gasteiger charge is 2.24. The van der Waals surface area contributed by atoms with Crippen LogP contribution >= 0.6 is 0 Å². The van der Waals surface area contributed by atoms with E-state index in [9.17, 15) is 4.39 Å². The number of para-hydroxylation sites is 1. The molecule has 7 nitrogen and oxygen atoms in total. The van der Waals surface area contributed by atoms with Crippen LogP contribution in [0, 0.1) is 5.82 Å². The second-order valence-corrected chi connectivity index (χ2v) is 7.29. The zero-order valence-electron chi connectivity index (χ0n) is 16.3. The van der Waals surface area contributed by atoms with Crippen LogP contribution in [0.25, 0.3) is 22.3 Å². The molecule has 1 saturated heterocycles. The van der Waals surface area contributed by atoms with Gasteiger partial charge in [0.2, 0.25) is 0 Å². The van der Waals surface area contributed by atoms with Gasteiger partial charge >= 0.3 is 0 Å². The minimum Gasteiger partial charge on any atom is -0.454 e. The largest absolute Gasteiger partial charge is 0.454 e. The third kappa shape index (κ3) is 3.35. The number of benzene rings is 2. The normalized spacial score (nSPS) is 14.8. The number of nitrogens with one attached hydrogen (secondary N) is 1. The van der Waals surface area contributed by atoms with Crippen LogP contribution in [0.1, 0.15) is 18.9 Å². The average molecular weight is 404 g/mol. The van der Waals surface area contributed by atoms with Crippen LogP contribution in [0.4, 0.5) is 10.2 Å². The molecule has 0 spiro atoms. The first-order chi connectivity index (χ1) is 14.7. The molecule has 1 fully saturated rings. The Morgan fingerprint density at radius 2 is 1.87 bits per heavy atom. The Hall–Kier alpha value is -3.52. The van der Waals surface area contributed by atoms with E-state index in [0.29, 0.717) is 33.9 Å². The van der Waals surface area contributed by atoms with Gasteiger partial charge in [0, 0.05) is 5.56 Å². The molecule has 0 radical (unpaired) electrons. The fourth-order valence-corrected chi connectivity index (χ4v) is 3.85. The predicted octanol–water partition coefficient (Wildman–Crippen LogP) is 3.93. The van der Waals surface area contributed by atoms with Crippen molar-refractivity contribution in [3.8, 4) is 22.8 Å². The summed E-state index contributed by atoms with van der Waals surface area (Å²) in [5, 5.41) is 8.80. The first kappa shape index (κ1) is 18.5. The topological polar surface area (TPSA) is 90.9 Å². The van der Waals surface area contributed by atoms with Crippen molar-refractivity contribution >= 4 is 16.9 Å². The smallest absolute Gasteiger partial charge is 0.166 e. The van der Waals surface area contributed by atoms with Crippen molar-refractivity contribution < 1.29 is 9.13 Å². The fourth-order valence-electron chi connectivity index (χ4n) is 3.85. The van der Waals surface area contributed by atoms with Gasteiger partial charge in [-0.2, -0.15) is 5.10 Å². The first-order valence-corrected chi connectivity index (χ1v) is 9.93. The quantitative estimate of drug-likeness (QED) is 0.536. The Morgan fingerprint density at radius 1 is 1.07 bits per heavy atom. The van der Waals surface area contributed by atoms with E-state index >= 15 is 0 Å². The fraction of sp³-hybridized carbons (Fsp3) is 0.227. The maximum Gasteiger partial charge on any atom is 0.166 e. The summed E-state index contributed by atoms with van der Waals surface area (Å²) in [5.74, 6) is 0.579. The Bertz CT molecular complexity index is 1190. The van der Waals surface area contributed by atoms with E-state index in [-0.39, 0.29) is 11.8 Å².